The topological polar surface area (TPSA) is 84.7 Å². The highest BCUT2D eigenvalue weighted by Crippen LogP contribution is 2.19. The minimum absolute atomic E-state index is 0.277. The van der Waals surface area contributed by atoms with E-state index in [1.165, 1.54) is 23.9 Å². The molecule has 0 saturated heterocycles. The number of hydrogen-bond donors (Lipinski definition) is 2. The molecule has 0 spiro atoms. The van der Waals surface area contributed by atoms with Crippen LogP contribution in [0.15, 0.2) is 29.4 Å². The van der Waals surface area contributed by atoms with Crippen LogP contribution in [0.2, 0.25) is 0 Å². The van der Waals surface area contributed by atoms with Crippen molar-refractivity contribution in [3.05, 3.63) is 41.5 Å². The monoisotopic (exact) mass is 292 g/mol. The van der Waals surface area contributed by atoms with Gasteiger partial charge in [0.15, 0.2) is 0 Å². The third-order valence-electron chi connectivity index (χ3n) is 2.47. The number of aromatic nitrogens is 3. The quantitative estimate of drug-likeness (QED) is 0.826. The van der Waals surface area contributed by atoms with Gasteiger partial charge in [-0.05, 0) is 30.7 Å². The lowest BCUT2D eigenvalue weighted by Gasteiger charge is -2.00. The van der Waals surface area contributed by atoms with Crippen LogP contribution >= 0.6 is 11.8 Å². The molecule has 0 aliphatic carbocycles. The molecule has 1 aromatic carbocycles. The summed E-state index contributed by atoms with van der Waals surface area (Å²) >= 11 is 1.18. The van der Waals surface area contributed by atoms with E-state index in [2.05, 4.69) is 15.2 Å². The Balaban J connectivity index is 2.02. The van der Waals surface area contributed by atoms with Gasteiger partial charge in [0.05, 0.1) is 5.25 Å². The van der Waals surface area contributed by atoms with Crippen LogP contribution in [0.25, 0.3) is 12.2 Å². The molecule has 0 saturated carbocycles. The molecule has 0 fully saturated rings. The first-order chi connectivity index (χ1) is 9.54. The van der Waals surface area contributed by atoms with Crippen molar-refractivity contribution in [2.24, 2.45) is 5.73 Å². The van der Waals surface area contributed by atoms with Gasteiger partial charge in [-0.1, -0.05) is 30.0 Å². The second kappa shape index (κ2) is 6.33. The summed E-state index contributed by atoms with van der Waals surface area (Å²) in [5.41, 5.74) is 6.02. The average molecular weight is 292 g/mol. The van der Waals surface area contributed by atoms with Crippen molar-refractivity contribution in [1.29, 1.82) is 0 Å². The van der Waals surface area contributed by atoms with E-state index in [-0.39, 0.29) is 11.1 Å². The van der Waals surface area contributed by atoms with Crippen LogP contribution in [0, 0.1) is 5.82 Å². The van der Waals surface area contributed by atoms with Crippen LogP contribution < -0.4 is 5.73 Å². The lowest BCUT2D eigenvalue weighted by Crippen LogP contribution is -2.22. The van der Waals surface area contributed by atoms with Crippen LogP contribution in [-0.2, 0) is 4.79 Å². The third-order valence-corrected chi connectivity index (χ3v) is 3.45. The number of carbonyl (C=O) groups is 1. The molecule has 0 radical (unpaired) electrons. The van der Waals surface area contributed by atoms with E-state index in [4.69, 9.17) is 5.73 Å². The fourth-order valence-electron chi connectivity index (χ4n) is 1.35. The number of hydrogen-bond acceptors (Lipinski definition) is 4. The zero-order valence-corrected chi connectivity index (χ0v) is 11.5. The highest BCUT2D eigenvalue weighted by atomic mass is 32.2. The number of aromatic amines is 1. The number of nitrogens with one attached hydrogen (secondary N) is 1. The number of carbonyl (C=O) groups excluding carboxylic acids is 1. The number of benzene rings is 1. The summed E-state index contributed by atoms with van der Waals surface area (Å²) in [6.07, 6.45) is 3.51. The van der Waals surface area contributed by atoms with Gasteiger partial charge in [-0.3, -0.25) is 9.89 Å². The summed E-state index contributed by atoms with van der Waals surface area (Å²) in [6.45, 7) is 1.69. The zero-order chi connectivity index (χ0) is 14.5. The predicted octanol–water partition coefficient (Wildman–Crippen LogP) is 2.08. The smallest absolute Gasteiger partial charge is 0.230 e. The Kier molecular flexibility index (Phi) is 4.52. The van der Waals surface area contributed by atoms with Gasteiger partial charge in [0.25, 0.3) is 0 Å². The van der Waals surface area contributed by atoms with Gasteiger partial charge >= 0.3 is 0 Å². The van der Waals surface area contributed by atoms with Crippen molar-refractivity contribution in [2.75, 3.05) is 0 Å². The zero-order valence-electron chi connectivity index (χ0n) is 10.7. The Morgan fingerprint density at radius 2 is 2.10 bits per heavy atom. The number of thioether (sulfide) groups is 1. The van der Waals surface area contributed by atoms with Crippen LogP contribution in [0.5, 0.6) is 0 Å². The molecule has 0 aliphatic rings. The molecule has 2 aromatic rings. The molecule has 5 nitrogen and oxygen atoms in total. The van der Waals surface area contributed by atoms with E-state index < -0.39 is 5.91 Å². The van der Waals surface area contributed by atoms with E-state index in [0.29, 0.717) is 11.0 Å². The molecular formula is C13H13FN4OS. The lowest BCUT2D eigenvalue weighted by molar-refractivity contribution is -0.117. The third kappa shape index (κ3) is 3.92. The first-order valence-electron chi connectivity index (χ1n) is 5.86. The number of H-pyrrole nitrogens is 1. The SMILES string of the molecule is CC(Sc1n[nH]c(C=Cc2ccc(F)cc2)n1)C(N)=O. The van der Waals surface area contributed by atoms with E-state index in [9.17, 15) is 9.18 Å². The van der Waals surface area contributed by atoms with Crippen LogP contribution in [0.3, 0.4) is 0 Å². The largest absolute Gasteiger partial charge is 0.369 e. The minimum atomic E-state index is -0.414. The summed E-state index contributed by atoms with van der Waals surface area (Å²) in [5.74, 6) is -0.141. The maximum Gasteiger partial charge on any atom is 0.230 e. The Morgan fingerprint density at radius 3 is 2.75 bits per heavy atom. The molecule has 1 amide bonds. The maximum absolute atomic E-state index is 12.7. The maximum atomic E-state index is 12.7. The standard InChI is InChI=1S/C13H13FN4OS/c1-8(12(15)19)20-13-16-11(17-18-13)7-4-9-2-5-10(14)6-3-9/h2-8H,1H3,(H2,15,19)(H,16,17,18). The molecule has 1 aromatic heterocycles. The van der Waals surface area contributed by atoms with E-state index in [1.807, 2.05) is 0 Å². The van der Waals surface area contributed by atoms with Crippen LogP contribution in [-0.4, -0.2) is 26.3 Å². The molecule has 0 bridgehead atoms. The van der Waals surface area contributed by atoms with E-state index in [1.54, 1.807) is 31.2 Å². The summed E-state index contributed by atoms with van der Waals surface area (Å²) in [5, 5.41) is 6.77. The first kappa shape index (κ1) is 14.3. The average Bonchev–Trinajstić information content (AvgIpc) is 2.85. The van der Waals surface area contributed by atoms with Crippen molar-refractivity contribution >= 4 is 29.8 Å². The van der Waals surface area contributed by atoms with Gasteiger partial charge in [-0.2, -0.15) is 0 Å². The molecule has 1 atom stereocenters. The van der Waals surface area contributed by atoms with Gasteiger partial charge in [0.1, 0.15) is 11.6 Å². The van der Waals surface area contributed by atoms with Crippen molar-refractivity contribution in [3.8, 4) is 0 Å². The Bertz CT molecular complexity index is 624. The van der Waals surface area contributed by atoms with E-state index in [0.717, 1.165) is 5.56 Å². The number of rotatable bonds is 5. The summed E-state index contributed by atoms with van der Waals surface area (Å²) in [7, 11) is 0. The molecule has 3 N–H and O–H groups in total. The number of nitrogens with zero attached hydrogens (tertiary/aromatic N) is 2. The fraction of sp³-hybridized carbons (Fsp3) is 0.154. The van der Waals surface area contributed by atoms with Gasteiger partial charge in [0.2, 0.25) is 11.1 Å². The summed E-state index contributed by atoms with van der Waals surface area (Å²) in [6, 6.07) is 6.09. The number of nitrogens with two attached hydrogens (primary N) is 1. The highest BCUT2D eigenvalue weighted by molar-refractivity contribution is 8.00. The van der Waals surface area contributed by atoms with Gasteiger partial charge in [-0.15, -0.1) is 5.10 Å². The number of amides is 1. The Hall–Kier alpha value is -2.15. The minimum Gasteiger partial charge on any atom is -0.369 e. The summed E-state index contributed by atoms with van der Waals surface area (Å²) < 4.78 is 12.7. The molecule has 1 unspecified atom stereocenters. The molecular weight excluding hydrogens is 279 g/mol. The van der Waals surface area contributed by atoms with Crippen LogP contribution in [0.4, 0.5) is 4.39 Å². The second-order valence-corrected chi connectivity index (χ2v) is 5.36. The Labute approximate surface area is 119 Å². The van der Waals surface area contributed by atoms with Gasteiger partial charge < -0.3 is 5.73 Å². The van der Waals surface area contributed by atoms with Crippen molar-refractivity contribution < 1.29 is 9.18 Å². The molecule has 2 rings (SSSR count). The van der Waals surface area contributed by atoms with Crippen molar-refractivity contribution in [1.82, 2.24) is 15.2 Å². The summed E-state index contributed by atoms with van der Waals surface area (Å²) in [4.78, 5) is 15.1. The van der Waals surface area contributed by atoms with Gasteiger partial charge in [0, 0.05) is 0 Å². The second-order valence-electron chi connectivity index (χ2n) is 4.05. The van der Waals surface area contributed by atoms with E-state index >= 15 is 0 Å². The highest BCUT2D eigenvalue weighted by Gasteiger charge is 2.13. The van der Waals surface area contributed by atoms with Crippen molar-refractivity contribution in [2.45, 2.75) is 17.3 Å². The van der Waals surface area contributed by atoms with Crippen LogP contribution in [0.1, 0.15) is 18.3 Å². The number of halogens is 1. The fourth-order valence-corrected chi connectivity index (χ4v) is 2.03. The predicted molar refractivity (Wildman–Crippen MR) is 76.2 cm³/mol. The molecule has 7 heteroatoms. The lowest BCUT2D eigenvalue weighted by atomic mass is 10.2. The number of primary amides is 1. The Morgan fingerprint density at radius 1 is 1.40 bits per heavy atom. The molecule has 104 valence electrons. The molecule has 1 heterocycles. The van der Waals surface area contributed by atoms with Gasteiger partial charge in [-0.25, -0.2) is 9.37 Å². The van der Waals surface area contributed by atoms with Crippen molar-refractivity contribution in [3.63, 3.8) is 0 Å². The molecule has 0 aliphatic heterocycles. The first-order valence-corrected chi connectivity index (χ1v) is 6.74. The molecule has 20 heavy (non-hydrogen) atoms. The normalized spacial score (nSPS) is 12.7.